The summed E-state index contributed by atoms with van der Waals surface area (Å²) in [4.78, 5) is -0.102. The first-order valence-corrected chi connectivity index (χ1v) is 13.1. The van der Waals surface area contributed by atoms with E-state index in [0.717, 1.165) is 17.0 Å². The van der Waals surface area contributed by atoms with Crippen LogP contribution in [0.15, 0.2) is 57.9 Å². The molecular formula is C20H15ClN6O3S3. The summed E-state index contributed by atoms with van der Waals surface area (Å²) in [5.41, 5.74) is 1.48. The minimum Gasteiger partial charge on any atom is -0.455 e. The number of thioether (sulfide) groups is 1. The maximum Gasteiger partial charge on any atom is 0.263 e. The van der Waals surface area contributed by atoms with Crippen molar-refractivity contribution in [3.05, 3.63) is 59.2 Å². The molecule has 0 bridgehead atoms. The van der Waals surface area contributed by atoms with Gasteiger partial charge >= 0.3 is 0 Å². The molecule has 0 radical (unpaired) electrons. The fraction of sp³-hybridized carbons (Fsp3) is 0.100. The number of hydrogen-bond acceptors (Lipinski definition) is 9. The first-order chi connectivity index (χ1) is 15.8. The predicted octanol–water partition coefficient (Wildman–Crippen LogP) is 4.78. The smallest absolute Gasteiger partial charge is 0.263 e. The topological polar surface area (TPSA) is 123 Å². The number of hydrogen-bond donors (Lipinski definition) is 1. The highest BCUT2D eigenvalue weighted by molar-refractivity contribution is 8.00. The fourth-order valence-electron chi connectivity index (χ4n) is 2.91. The molecule has 0 atom stereocenters. The van der Waals surface area contributed by atoms with Gasteiger partial charge in [0, 0.05) is 23.8 Å². The van der Waals surface area contributed by atoms with Crippen molar-refractivity contribution in [3.8, 4) is 28.8 Å². The quantitative estimate of drug-likeness (QED) is 0.347. The van der Waals surface area contributed by atoms with Crippen LogP contribution in [-0.2, 0) is 17.1 Å². The van der Waals surface area contributed by atoms with Crippen LogP contribution < -0.4 is 9.46 Å². The Hall–Kier alpha value is -3.11. The van der Waals surface area contributed by atoms with Crippen LogP contribution in [0.2, 0.25) is 5.02 Å². The molecular weight excluding hydrogens is 504 g/mol. The monoisotopic (exact) mass is 518 g/mol. The van der Waals surface area contributed by atoms with Crippen molar-refractivity contribution in [2.24, 2.45) is 7.05 Å². The standard InChI is InChI=1S/C20H15ClN6O3S3/c1-27-16(7-8-23-27)15-10-13(21)3-5-18(15)30-17-6-4-14(9-12(17)11-22)33(28,29)26-19-24-25-20(31-2)32-19/h3-10H,1-2H3,(H,24,26). The summed E-state index contributed by atoms with van der Waals surface area (Å²) in [5.74, 6) is 0.634. The zero-order valence-corrected chi connectivity index (χ0v) is 20.4. The third-order valence-corrected chi connectivity index (χ3v) is 7.96. The van der Waals surface area contributed by atoms with E-state index in [2.05, 4.69) is 20.0 Å². The highest BCUT2D eigenvalue weighted by Gasteiger charge is 2.20. The van der Waals surface area contributed by atoms with Crippen LogP contribution in [0.5, 0.6) is 11.5 Å². The van der Waals surface area contributed by atoms with Crippen molar-refractivity contribution < 1.29 is 13.2 Å². The van der Waals surface area contributed by atoms with Gasteiger partial charge in [-0.3, -0.25) is 9.40 Å². The first kappa shape index (κ1) is 23.1. The second-order valence-electron chi connectivity index (χ2n) is 6.54. The lowest BCUT2D eigenvalue weighted by atomic mass is 10.1. The number of nitrogens with one attached hydrogen (secondary N) is 1. The van der Waals surface area contributed by atoms with Gasteiger partial charge in [-0.1, -0.05) is 34.7 Å². The van der Waals surface area contributed by atoms with Gasteiger partial charge in [0.25, 0.3) is 10.0 Å². The van der Waals surface area contributed by atoms with Gasteiger partial charge in [-0.2, -0.15) is 10.4 Å². The van der Waals surface area contributed by atoms with Gasteiger partial charge in [-0.15, -0.1) is 10.2 Å². The van der Waals surface area contributed by atoms with Gasteiger partial charge in [0.15, 0.2) is 4.34 Å². The number of anilines is 1. The van der Waals surface area contributed by atoms with Crippen molar-refractivity contribution in [1.29, 1.82) is 5.26 Å². The van der Waals surface area contributed by atoms with Crippen molar-refractivity contribution >= 4 is 49.9 Å². The second-order valence-corrected chi connectivity index (χ2v) is 10.7. The number of aryl methyl sites for hydroxylation is 1. The number of aromatic nitrogens is 4. The molecule has 0 unspecified atom stereocenters. The van der Waals surface area contributed by atoms with Gasteiger partial charge in [0.1, 0.15) is 17.6 Å². The summed E-state index contributed by atoms with van der Waals surface area (Å²) in [5, 5.41) is 22.1. The van der Waals surface area contributed by atoms with Crippen LogP contribution in [0.3, 0.4) is 0 Å². The normalized spacial score (nSPS) is 11.2. The van der Waals surface area contributed by atoms with E-state index in [1.54, 1.807) is 42.2 Å². The summed E-state index contributed by atoms with van der Waals surface area (Å²) in [6, 6.07) is 12.9. The summed E-state index contributed by atoms with van der Waals surface area (Å²) in [6.07, 6.45) is 3.46. The van der Waals surface area contributed by atoms with E-state index < -0.39 is 10.0 Å². The molecule has 4 rings (SSSR count). The number of nitrogens with zero attached hydrogens (tertiary/aromatic N) is 5. The van der Waals surface area contributed by atoms with Gasteiger partial charge in [-0.05, 0) is 48.7 Å². The minimum absolute atomic E-state index is 0.0471. The molecule has 0 saturated heterocycles. The van der Waals surface area contributed by atoms with Crippen LogP contribution in [0, 0.1) is 11.3 Å². The highest BCUT2D eigenvalue weighted by atomic mass is 35.5. The summed E-state index contributed by atoms with van der Waals surface area (Å²) >= 11 is 8.65. The Balaban J connectivity index is 1.66. The molecule has 0 amide bonds. The van der Waals surface area contributed by atoms with Crippen molar-refractivity contribution in [2.75, 3.05) is 11.0 Å². The molecule has 0 fully saturated rings. The molecule has 2 aromatic carbocycles. The number of nitriles is 1. The molecule has 0 saturated carbocycles. The Morgan fingerprint density at radius 2 is 1.97 bits per heavy atom. The summed E-state index contributed by atoms with van der Waals surface area (Å²) in [7, 11) is -2.19. The van der Waals surface area contributed by atoms with E-state index in [-0.39, 0.29) is 21.3 Å². The molecule has 9 nitrogen and oxygen atoms in total. The van der Waals surface area contributed by atoms with Gasteiger partial charge in [0.2, 0.25) is 5.13 Å². The van der Waals surface area contributed by atoms with Crippen molar-refractivity contribution in [2.45, 2.75) is 9.24 Å². The number of rotatable bonds is 7. The third-order valence-electron chi connectivity index (χ3n) is 4.44. The van der Waals surface area contributed by atoms with E-state index in [1.807, 2.05) is 12.3 Å². The molecule has 4 aromatic rings. The lowest BCUT2D eigenvalue weighted by Crippen LogP contribution is -2.13. The molecule has 33 heavy (non-hydrogen) atoms. The Labute approximate surface area is 203 Å². The van der Waals surface area contributed by atoms with E-state index in [0.29, 0.717) is 20.7 Å². The predicted molar refractivity (Wildman–Crippen MR) is 127 cm³/mol. The molecule has 2 heterocycles. The lowest BCUT2D eigenvalue weighted by molar-refractivity contribution is 0.481. The zero-order valence-electron chi connectivity index (χ0n) is 17.2. The number of benzene rings is 2. The zero-order chi connectivity index (χ0) is 23.6. The molecule has 1 N–H and O–H groups in total. The van der Waals surface area contributed by atoms with Gasteiger partial charge in [0.05, 0.1) is 16.2 Å². The van der Waals surface area contributed by atoms with E-state index >= 15 is 0 Å². The Bertz CT molecular complexity index is 1480. The average molecular weight is 519 g/mol. The van der Waals surface area contributed by atoms with Crippen LogP contribution >= 0.6 is 34.7 Å². The Morgan fingerprint density at radius 1 is 1.18 bits per heavy atom. The number of ether oxygens (including phenoxy) is 1. The van der Waals surface area contributed by atoms with Gasteiger partial charge < -0.3 is 4.74 Å². The number of sulfonamides is 1. The maximum atomic E-state index is 12.8. The summed E-state index contributed by atoms with van der Waals surface area (Å²) < 4.78 is 36.2. The Morgan fingerprint density at radius 3 is 2.64 bits per heavy atom. The number of halogens is 1. The molecule has 13 heteroatoms. The maximum absolute atomic E-state index is 12.8. The van der Waals surface area contributed by atoms with Crippen molar-refractivity contribution in [1.82, 2.24) is 20.0 Å². The molecule has 0 spiro atoms. The molecule has 2 aromatic heterocycles. The van der Waals surface area contributed by atoms with E-state index in [9.17, 15) is 13.7 Å². The lowest BCUT2D eigenvalue weighted by Gasteiger charge is -2.14. The molecule has 0 aliphatic rings. The second kappa shape index (κ2) is 9.40. The van der Waals surface area contributed by atoms with E-state index in [1.165, 1.54) is 30.0 Å². The third kappa shape index (κ3) is 4.96. The summed E-state index contributed by atoms with van der Waals surface area (Å²) in [6.45, 7) is 0. The first-order valence-electron chi connectivity index (χ1n) is 9.21. The molecule has 0 aliphatic heterocycles. The largest absolute Gasteiger partial charge is 0.455 e. The van der Waals surface area contributed by atoms with Crippen molar-refractivity contribution in [3.63, 3.8) is 0 Å². The van der Waals surface area contributed by atoms with Crippen LogP contribution in [-0.4, -0.2) is 34.7 Å². The fourth-order valence-corrected chi connectivity index (χ4v) is 5.51. The Kier molecular flexibility index (Phi) is 6.57. The molecule has 0 aliphatic carbocycles. The minimum atomic E-state index is -3.97. The highest BCUT2D eigenvalue weighted by Crippen LogP contribution is 2.37. The van der Waals surface area contributed by atoms with Crippen LogP contribution in [0.25, 0.3) is 11.3 Å². The average Bonchev–Trinajstić information content (AvgIpc) is 3.43. The van der Waals surface area contributed by atoms with Crippen LogP contribution in [0.1, 0.15) is 5.56 Å². The van der Waals surface area contributed by atoms with Crippen LogP contribution in [0.4, 0.5) is 5.13 Å². The van der Waals surface area contributed by atoms with E-state index in [4.69, 9.17) is 16.3 Å². The SMILES string of the molecule is CSc1nnc(NS(=O)(=O)c2ccc(Oc3ccc(Cl)cc3-c3ccnn3C)c(C#N)c2)s1. The molecule has 168 valence electrons. The van der Waals surface area contributed by atoms with Gasteiger partial charge in [-0.25, -0.2) is 8.42 Å².